The molecule has 1 rings (SSSR count). The third kappa shape index (κ3) is 8.13. The van der Waals surface area contributed by atoms with Crippen LogP contribution in [0.25, 0.3) is 0 Å². The predicted octanol–water partition coefficient (Wildman–Crippen LogP) is 5.35. The average Bonchev–Trinajstić information content (AvgIpc) is 2.33. The molecule has 0 bridgehead atoms. The fourth-order valence-corrected chi connectivity index (χ4v) is 2.87. The van der Waals surface area contributed by atoms with E-state index in [4.69, 9.17) is 0 Å². The minimum Gasteiger partial charge on any atom is -0.300 e. The highest BCUT2D eigenvalue weighted by Gasteiger charge is 2.22. The molecule has 0 spiro atoms. The first-order valence-corrected chi connectivity index (χ1v) is 8.33. The summed E-state index contributed by atoms with van der Waals surface area (Å²) in [6, 6.07) is 0.890. The molecular weight excluding hydrogens is 218 g/mol. The minimum atomic E-state index is 0.857. The summed E-state index contributed by atoms with van der Waals surface area (Å²) in [5.74, 6) is 1.73. The lowest BCUT2D eigenvalue weighted by atomic mass is 9.93. The second-order valence-electron chi connectivity index (χ2n) is 6.35. The standard InChI is InChI=1S/C15H31N.C2H6/c1-13(2)8-7-11-16-10-6-5-9-15(16)12-14(3)4;1-2/h13-15H,5-12H2,1-4H3;1-2H3. The maximum Gasteiger partial charge on any atom is 0.00976 e. The second kappa shape index (κ2) is 10.8. The van der Waals surface area contributed by atoms with Gasteiger partial charge < -0.3 is 4.90 Å². The first-order chi connectivity index (χ1) is 8.59. The SMILES string of the molecule is CC.CC(C)CCCN1CCCCC1CC(C)C. The Morgan fingerprint density at radius 1 is 1.00 bits per heavy atom. The van der Waals surface area contributed by atoms with Gasteiger partial charge in [-0.25, -0.2) is 0 Å². The van der Waals surface area contributed by atoms with Gasteiger partial charge in [0.25, 0.3) is 0 Å². The van der Waals surface area contributed by atoms with Gasteiger partial charge in [0.15, 0.2) is 0 Å². The van der Waals surface area contributed by atoms with Crippen molar-refractivity contribution in [1.29, 1.82) is 0 Å². The molecular formula is C17H37N. The molecule has 1 aliphatic rings. The highest BCUT2D eigenvalue weighted by atomic mass is 15.2. The quantitative estimate of drug-likeness (QED) is 0.618. The summed E-state index contributed by atoms with van der Waals surface area (Å²) in [6.45, 7) is 16.1. The molecule has 1 fully saturated rings. The van der Waals surface area contributed by atoms with Crippen LogP contribution in [0, 0.1) is 11.8 Å². The van der Waals surface area contributed by atoms with Crippen molar-refractivity contribution in [3.63, 3.8) is 0 Å². The van der Waals surface area contributed by atoms with Crippen molar-refractivity contribution in [2.24, 2.45) is 11.8 Å². The number of nitrogens with zero attached hydrogens (tertiary/aromatic N) is 1. The van der Waals surface area contributed by atoms with E-state index in [0.717, 1.165) is 17.9 Å². The van der Waals surface area contributed by atoms with E-state index < -0.39 is 0 Å². The fourth-order valence-electron chi connectivity index (χ4n) is 2.87. The van der Waals surface area contributed by atoms with Crippen molar-refractivity contribution in [3.05, 3.63) is 0 Å². The zero-order chi connectivity index (χ0) is 14.0. The molecule has 0 aromatic carbocycles. The van der Waals surface area contributed by atoms with Crippen molar-refractivity contribution >= 4 is 0 Å². The van der Waals surface area contributed by atoms with Crippen LogP contribution in [0.4, 0.5) is 0 Å². The monoisotopic (exact) mass is 255 g/mol. The van der Waals surface area contributed by atoms with Crippen molar-refractivity contribution in [2.75, 3.05) is 13.1 Å². The van der Waals surface area contributed by atoms with Crippen LogP contribution >= 0.6 is 0 Å². The van der Waals surface area contributed by atoms with Crippen LogP contribution in [-0.2, 0) is 0 Å². The maximum absolute atomic E-state index is 2.77. The van der Waals surface area contributed by atoms with Gasteiger partial charge in [-0.1, -0.05) is 48.0 Å². The molecule has 1 heteroatoms. The number of rotatable bonds is 6. The lowest BCUT2D eigenvalue weighted by Crippen LogP contribution is -2.40. The lowest BCUT2D eigenvalue weighted by Gasteiger charge is -2.37. The topological polar surface area (TPSA) is 3.24 Å². The molecule has 0 aromatic heterocycles. The minimum absolute atomic E-state index is 0.857. The first-order valence-electron chi connectivity index (χ1n) is 8.33. The molecule has 1 atom stereocenters. The van der Waals surface area contributed by atoms with E-state index in [9.17, 15) is 0 Å². The Balaban J connectivity index is 0.00000137. The van der Waals surface area contributed by atoms with Crippen molar-refractivity contribution in [2.45, 2.75) is 86.1 Å². The maximum atomic E-state index is 2.77. The molecule has 0 aromatic rings. The summed E-state index contributed by atoms with van der Waals surface area (Å²) in [4.78, 5) is 2.77. The molecule has 0 N–H and O–H groups in total. The highest BCUT2D eigenvalue weighted by molar-refractivity contribution is 4.77. The second-order valence-corrected chi connectivity index (χ2v) is 6.35. The number of likely N-dealkylation sites (tertiary alicyclic amines) is 1. The molecule has 1 nitrogen and oxygen atoms in total. The van der Waals surface area contributed by atoms with Gasteiger partial charge in [0, 0.05) is 6.04 Å². The first kappa shape index (κ1) is 18.0. The van der Waals surface area contributed by atoms with Gasteiger partial charge in [-0.15, -0.1) is 0 Å². The number of hydrogen-bond acceptors (Lipinski definition) is 1. The van der Waals surface area contributed by atoms with E-state index in [1.807, 2.05) is 13.8 Å². The van der Waals surface area contributed by atoms with Gasteiger partial charge in [0.05, 0.1) is 0 Å². The van der Waals surface area contributed by atoms with Crippen LogP contribution in [0.15, 0.2) is 0 Å². The smallest absolute Gasteiger partial charge is 0.00976 e. The summed E-state index contributed by atoms with van der Waals surface area (Å²) >= 11 is 0. The normalized spacial score (nSPS) is 21.0. The van der Waals surface area contributed by atoms with E-state index in [1.54, 1.807) is 0 Å². The van der Waals surface area contributed by atoms with Gasteiger partial charge in [0.2, 0.25) is 0 Å². The molecule has 0 aliphatic carbocycles. The Morgan fingerprint density at radius 3 is 2.22 bits per heavy atom. The zero-order valence-corrected chi connectivity index (χ0v) is 13.8. The Hall–Kier alpha value is -0.0400. The zero-order valence-electron chi connectivity index (χ0n) is 13.8. The van der Waals surface area contributed by atoms with Gasteiger partial charge in [-0.2, -0.15) is 0 Å². The fraction of sp³-hybridized carbons (Fsp3) is 1.00. The van der Waals surface area contributed by atoms with Gasteiger partial charge in [-0.05, 0) is 57.0 Å². The van der Waals surface area contributed by atoms with Gasteiger partial charge in [-0.3, -0.25) is 0 Å². The number of hydrogen-bond donors (Lipinski definition) is 0. The Morgan fingerprint density at radius 2 is 1.67 bits per heavy atom. The Kier molecular flexibility index (Phi) is 10.8. The lowest BCUT2D eigenvalue weighted by molar-refractivity contribution is 0.126. The van der Waals surface area contributed by atoms with E-state index in [2.05, 4.69) is 32.6 Å². The Bertz CT molecular complexity index is 174. The summed E-state index contributed by atoms with van der Waals surface area (Å²) in [7, 11) is 0. The van der Waals surface area contributed by atoms with Crippen LogP contribution in [0.3, 0.4) is 0 Å². The summed E-state index contributed by atoms with van der Waals surface area (Å²) in [6.07, 6.45) is 8.52. The van der Waals surface area contributed by atoms with Crippen LogP contribution in [-0.4, -0.2) is 24.0 Å². The van der Waals surface area contributed by atoms with Gasteiger partial charge >= 0.3 is 0 Å². The highest BCUT2D eigenvalue weighted by Crippen LogP contribution is 2.23. The third-order valence-electron chi connectivity index (χ3n) is 3.72. The van der Waals surface area contributed by atoms with E-state index in [1.165, 1.54) is 51.6 Å². The number of piperidine rings is 1. The van der Waals surface area contributed by atoms with Crippen molar-refractivity contribution in [1.82, 2.24) is 4.90 Å². The van der Waals surface area contributed by atoms with E-state index >= 15 is 0 Å². The molecule has 0 saturated carbocycles. The Labute approximate surface area is 116 Å². The van der Waals surface area contributed by atoms with Crippen LogP contribution in [0.5, 0.6) is 0 Å². The molecule has 1 saturated heterocycles. The van der Waals surface area contributed by atoms with Crippen molar-refractivity contribution in [3.8, 4) is 0 Å². The van der Waals surface area contributed by atoms with Gasteiger partial charge in [0.1, 0.15) is 0 Å². The summed E-state index contributed by atoms with van der Waals surface area (Å²) in [5, 5.41) is 0. The molecule has 18 heavy (non-hydrogen) atoms. The van der Waals surface area contributed by atoms with Crippen LogP contribution in [0.1, 0.15) is 80.1 Å². The van der Waals surface area contributed by atoms with E-state index in [-0.39, 0.29) is 0 Å². The predicted molar refractivity (Wildman–Crippen MR) is 84.1 cm³/mol. The third-order valence-corrected chi connectivity index (χ3v) is 3.72. The van der Waals surface area contributed by atoms with E-state index in [0.29, 0.717) is 0 Å². The molecule has 1 aliphatic heterocycles. The average molecular weight is 255 g/mol. The molecule has 1 heterocycles. The summed E-state index contributed by atoms with van der Waals surface area (Å²) in [5.41, 5.74) is 0. The molecule has 0 radical (unpaired) electrons. The van der Waals surface area contributed by atoms with Crippen LogP contribution < -0.4 is 0 Å². The summed E-state index contributed by atoms with van der Waals surface area (Å²) < 4.78 is 0. The van der Waals surface area contributed by atoms with Crippen molar-refractivity contribution < 1.29 is 0 Å². The molecule has 1 unspecified atom stereocenters. The largest absolute Gasteiger partial charge is 0.300 e. The van der Waals surface area contributed by atoms with Crippen LogP contribution in [0.2, 0.25) is 0 Å². The molecule has 110 valence electrons. The molecule has 0 amide bonds.